The number of nitrogens with zero attached hydrogens (tertiary/aromatic N) is 1. The molecule has 1 saturated heterocycles. The lowest BCUT2D eigenvalue weighted by Crippen LogP contribution is -2.40. The molecule has 0 aromatic heterocycles. The van der Waals surface area contributed by atoms with Crippen LogP contribution in [0.1, 0.15) is 37.6 Å². The van der Waals surface area contributed by atoms with Crippen LogP contribution in [0.3, 0.4) is 0 Å². The number of likely N-dealkylation sites (tertiary alicyclic amines) is 1. The summed E-state index contributed by atoms with van der Waals surface area (Å²) in [5, 5.41) is 2.95. The highest BCUT2D eigenvalue weighted by Gasteiger charge is 2.30. The smallest absolute Gasteiger partial charge is 0.410 e. The molecule has 1 aromatic rings. The number of rotatable bonds is 2. The van der Waals surface area contributed by atoms with Gasteiger partial charge in [0.1, 0.15) is 5.60 Å². The third-order valence-electron chi connectivity index (χ3n) is 3.81. The zero-order valence-electron chi connectivity index (χ0n) is 14.1. The van der Waals surface area contributed by atoms with E-state index in [0.717, 1.165) is 0 Å². The molecule has 0 aliphatic carbocycles. The molecule has 0 saturated carbocycles. The number of fused-ring (bicyclic) bond motifs is 1. The van der Waals surface area contributed by atoms with Gasteiger partial charge in [-0.05, 0) is 45.4 Å². The fourth-order valence-electron chi connectivity index (χ4n) is 2.68. The number of nitrogens with one attached hydrogen (secondary N) is 1. The molecule has 130 valence electrons. The van der Waals surface area contributed by atoms with E-state index in [1.807, 2.05) is 20.8 Å². The van der Waals surface area contributed by atoms with E-state index in [1.54, 1.807) is 23.1 Å². The van der Waals surface area contributed by atoms with Gasteiger partial charge in [0.15, 0.2) is 11.5 Å². The standard InChI is InChI=1S/C17H22N2O5/c1-17(2,3)24-16(21)19-7-6-12(9-19)18-15(20)11-4-5-13-14(8-11)23-10-22-13/h4-5,8,12H,6-7,9-10H2,1-3H3,(H,18,20). The lowest BCUT2D eigenvalue weighted by molar-refractivity contribution is 0.0290. The minimum Gasteiger partial charge on any atom is -0.454 e. The quantitative estimate of drug-likeness (QED) is 0.897. The fourth-order valence-corrected chi connectivity index (χ4v) is 2.68. The third-order valence-corrected chi connectivity index (χ3v) is 3.81. The van der Waals surface area contributed by atoms with Crippen LogP contribution < -0.4 is 14.8 Å². The number of ether oxygens (including phenoxy) is 3. The van der Waals surface area contributed by atoms with E-state index in [1.165, 1.54) is 0 Å². The summed E-state index contributed by atoms with van der Waals surface area (Å²) in [4.78, 5) is 26.0. The molecule has 3 rings (SSSR count). The van der Waals surface area contributed by atoms with E-state index in [4.69, 9.17) is 14.2 Å². The van der Waals surface area contributed by atoms with Crippen molar-refractivity contribution in [1.29, 1.82) is 0 Å². The summed E-state index contributed by atoms with van der Waals surface area (Å²) in [5.41, 5.74) is -0.0137. The highest BCUT2D eigenvalue weighted by Crippen LogP contribution is 2.32. The molecule has 24 heavy (non-hydrogen) atoms. The molecule has 1 aromatic carbocycles. The van der Waals surface area contributed by atoms with Crippen molar-refractivity contribution in [3.05, 3.63) is 23.8 Å². The fraction of sp³-hybridized carbons (Fsp3) is 0.529. The molecule has 7 nitrogen and oxygen atoms in total. The molecule has 2 aliphatic heterocycles. The Bertz CT molecular complexity index is 653. The predicted molar refractivity (Wildman–Crippen MR) is 86.2 cm³/mol. The molecule has 7 heteroatoms. The lowest BCUT2D eigenvalue weighted by Gasteiger charge is -2.24. The Hall–Kier alpha value is -2.44. The largest absolute Gasteiger partial charge is 0.454 e. The Morgan fingerprint density at radius 1 is 1.25 bits per heavy atom. The minimum atomic E-state index is -0.523. The summed E-state index contributed by atoms with van der Waals surface area (Å²) < 4.78 is 15.9. The summed E-state index contributed by atoms with van der Waals surface area (Å²) in [7, 11) is 0. The number of benzene rings is 1. The van der Waals surface area contributed by atoms with Crippen molar-refractivity contribution < 1.29 is 23.8 Å². The van der Waals surface area contributed by atoms with E-state index in [-0.39, 0.29) is 24.8 Å². The van der Waals surface area contributed by atoms with E-state index in [9.17, 15) is 9.59 Å². The second-order valence-corrected chi connectivity index (χ2v) is 6.95. The zero-order valence-corrected chi connectivity index (χ0v) is 14.1. The Labute approximate surface area is 140 Å². The van der Waals surface area contributed by atoms with Crippen LogP contribution in [0.5, 0.6) is 11.5 Å². The second kappa shape index (κ2) is 6.22. The summed E-state index contributed by atoms with van der Waals surface area (Å²) in [6, 6.07) is 5.00. The topological polar surface area (TPSA) is 77.1 Å². The van der Waals surface area contributed by atoms with Crippen molar-refractivity contribution in [1.82, 2.24) is 10.2 Å². The highest BCUT2D eigenvalue weighted by molar-refractivity contribution is 5.95. The first-order valence-corrected chi connectivity index (χ1v) is 8.00. The van der Waals surface area contributed by atoms with Crippen molar-refractivity contribution >= 4 is 12.0 Å². The number of amides is 2. The highest BCUT2D eigenvalue weighted by atomic mass is 16.7. The average molecular weight is 334 g/mol. The van der Waals surface area contributed by atoms with Crippen LogP contribution in [0.4, 0.5) is 4.79 Å². The van der Waals surface area contributed by atoms with Gasteiger partial charge in [-0.3, -0.25) is 4.79 Å². The van der Waals surface area contributed by atoms with Crippen LogP contribution in [-0.4, -0.2) is 48.4 Å². The van der Waals surface area contributed by atoms with Crippen LogP contribution >= 0.6 is 0 Å². The maximum Gasteiger partial charge on any atom is 0.410 e. The van der Waals surface area contributed by atoms with Gasteiger partial charge in [0.2, 0.25) is 6.79 Å². The van der Waals surface area contributed by atoms with Crippen LogP contribution in [-0.2, 0) is 4.74 Å². The van der Waals surface area contributed by atoms with Crippen LogP contribution in [0.2, 0.25) is 0 Å². The number of hydrogen-bond acceptors (Lipinski definition) is 5. The van der Waals surface area contributed by atoms with Gasteiger partial charge in [0.05, 0.1) is 0 Å². The van der Waals surface area contributed by atoms with E-state index < -0.39 is 5.60 Å². The van der Waals surface area contributed by atoms with E-state index in [2.05, 4.69) is 5.32 Å². The van der Waals surface area contributed by atoms with Crippen molar-refractivity contribution in [2.24, 2.45) is 0 Å². The molecule has 0 radical (unpaired) electrons. The van der Waals surface area contributed by atoms with Gasteiger partial charge in [0.25, 0.3) is 5.91 Å². The van der Waals surface area contributed by atoms with Crippen molar-refractivity contribution in [2.45, 2.75) is 38.8 Å². The number of carbonyl (C=O) groups is 2. The first kappa shape index (κ1) is 16.4. The Balaban J connectivity index is 1.55. The van der Waals surface area contributed by atoms with E-state index in [0.29, 0.717) is 36.6 Å². The minimum absolute atomic E-state index is 0.0876. The molecule has 1 atom stereocenters. The molecule has 1 unspecified atom stereocenters. The monoisotopic (exact) mass is 334 g/mol. The van der Waals surface area contributed by atoms with Crippen LogP contribution in [0, 0.1) is 0 Å². The summed E-state index contributed by atoms with van der Waals surface area (Å²) in [5.74, 6) is 1.03. The normalized spacial score (nSPS) is 19.3. The van der Waals surface area contributed by atoms with Gasteiger partial charge in [-0.15, -0.1) is 0 Å². The first-order chi connectivity index (χ1) is 11.3. The molecular weight excluding hydrogens is 312 g/mol. The summed E-state index contributed by atoms with van der Waals surface area (Å²) >= 11 is 0. The molecule has 2 heterocycles. The molecule has 0 bridgehead atoms. The van der Waals surface area contributed by atoms with Crippen molar-refractivity contribution in [3.8, 4) is 11.5 Å². The first-order valence-electron chi connectivity index (χ1n) is 8.00. The van der Waals surface area contributed by atoms with Crippen molar-refractivity contribution in [2.75, 3.05) is 19.9 Å². The Morgan fingerprint density at radius 2 is 2.00 bits per heavy atom. The maximum absolute atomic E-state index is 12.4. The predicted octanol–water partition coefficient (Wildman–Crippen LogP) is 2.15. The second-order valence-electron chi connectivity index (χ2n) is 6.95. The molecule has 2 amide bonds. The zero-order chi connectivity index (χ0) is 17.3. The maximum atomic E-state index is 12.4. The number of carbonyl (C=O) groups excluding carboxylic acids is 2. The molecular formula is C17H22N2O5. The van der Waals surface area contributed by atoms with Gasteiger partial charge in [-0.2, -0.15) is 0 Å². The summed E-state index contributed by atoms with van der Waals surface area (Å²) in [6.07, 6.45) is 0.359. The van der Waals surface area contributed by atoms with Gasteiger partial charge in [-0.1, -0.05) is 0 Å². The van der Waals surface area contributed by atoms with Gasteiger partial charge in [0, 0.05) is 24.7 Å². The van der Waals surface area contributed by atoms with Crippen molar-refractivity contribution in [3.63, 3.8) is 0 Å². The lowest BCUT2D eigenvalue weighted by atomic mass is 10.1. The molecule has 1 fully saturated rings. The van der Waals surface area contributed by atoms with Crippen LogP contribution in [0.25, 0.3) is 0 Å². The van der Waals surface area contributed by atoms with Gasteiger partial charge < -0.3 is 24.4 Å². The number of hydrogen-bond donors (Lipinski definition) is 1. The van der Waals surface area contributed by atoms with Crippen LogP contribution in [0.15, 0.2) is 18.2 Å². The third kappa shape index (κ3) is 3.72. The Kier molecular flexibility index (Phi) is 4.26. The summed E-state index contributed by atoms with van der Waals surface area (Å²) in [6.45, 7) is 6.69. The van der Waals surface area contributed by atoms with Gasteiger partial charge >= 0.3 is 6.09 Å². The molecule has 1 N–H and O–H groups in total. The molecule has 2 aliphatic rings. The SMILES string of the molecule is CC(C)(C)OC(=O)N1CCC(NC(=O)c2ccc3c(c2)OCO3)C1. The van der Waals surface area contributed by atoms with Gasteiger partial charge in [-0.25, -0.2) is 4.79 Å². The van der Waals surface area contributed by atoms with E-state index >= 15 is 0 Å². The average Bonchev–Trinajstić information content (AvgIpc) is 3.13. The molecule has 0 spiro atoms. The Morgan fingerprint density at radius 3 is 2.75 bits per heavy atom.